The predicted molar refractivity (Wildman–Crippen MR) is 243 cm³/mol. The minimum absolute atomic E-state index is 0.0516. The first-order valence-corrected chi connectivity index (χ1v) is 25.1. The zero-order chi connectivity index (χ0) is 42.5. The average molecular weight is 838 g/mol. The maximum Gasteiger partial charge on any atom is 0.472 e. The number of esters is 2. The van der Waals surface area contributed by atoms with Gasteiger partial charge in [0.1, 0.15) is 6.61 Å². The second kappa shape index (κ2) is 44.5. The third-order valence-electron chi connectivity index (χ3n) is 9.98. The highest BCUT2D eigenvalue weighted by molar-refractivity contribution is 7.47. The molecule has 0 aromatic rings. The fourth-order valence-electron chi connectivity index (χ4n) is 6.51. The fourth-order valence-corrected chi connectivity index (χ4v) is 7.27. The van der Waals surface area contributed by atoms with Gasteiger partial charge in [-0.2, -0.15) is 0 Å². The summed E-state index contributed by atoms with van der Waals surface area (Å²) in [4.78, 5) is 35.0. The van der Waals surface area contributed by atoms with Gasteiger partial charge >= 0.3 is 19.8 Å². The summed E-state index contributed by atoms with van der Waals surface area (Å²) in [7, 11) is -4.38. The number of carbonyl (C=O) groups excluding carboxylic acids is 2. The number of nitrogens with two attached hydrogens (primary N) is 1. The van der Waals surface area contributed by atoms with Gasteiger partial charge in [-0.25, -0.2) is 4.57 Å². The number of unbranched alkanes of at least 4 members (excludes halogenated alkanes) is 23. The van der Waals surface area contributed by atoms with Crippen LogP contribution in [0.3, 0.4) is 0 Å². The highest BCUT2D eigenvalue weighted by Gasteiger charge is 2.26. The van der Waals surface area contributed by atoms with Crippen LogP contribution in [0.1, 0.15) is 213 Å². The van der Waals surface area contributed by atoms with Crippen LogP contribution in [0.5, 0.6) is 0 Å². The second-order valence-corrected chi connectivity index (χ2v) is 17.1. The van der Waals surface area contributed by atoms with Crippen LogP contribution in [0.4, 0.5) is 0 Å². The Morgan fingerprint density at radius 1 is 0.534 bits per heavy atom. The summed E-state index contributed by atoms with van der Waals surface area (Å²) < 4.78 is 32.9. The smallest absolute Gasteiger partial charge is 0.462 e. The Balaban J connectivity index is 4.10. The molecule has 0 amide bonds. The normalized spacial score (nSPS) is 13.7. The van der Waals surface area contributed by atoms with E-state index in [1.165, 1.54) is 109 Å². The van der Waals surface area contributed by atoms with E-state index in [1.807, 2.05) is 0 Å². The molecule has 2 unspecified atom stereocenters. The molecule has 0 heterocycles. The molecule has 0 bridgehead atoms. The SMILES string of the molecule is CC/C=C\C/C=C\C/C=C\C/C=C\CCCCCCCCCCC(=O)OC(COC(=O)CCCCCCCCCCCCCCCCCC)COP(=O)(O)OCCN. The lowest BCUT2D eigenvalue weighted by molar-refractivity contribution is -0.161. The Bertz CT molecular complexity index is 1090. The molecular weight excluding hydrogens is 750 g/mol. The highest BCUT2D eigenvalue weighted by Crippen LogP contribution is 2.43. The van der Waals surface area contributed by atoms with Crippen molar-refractivity contribution in [2.45, 2.75) is 219 Å². The predicted octanol–water partition coefficient (Wildman–Crippen LogP) is 13.9. The van der Waals surface area contributed by atoms with Crippen molar-refractivity contribution in [2.75, 3.05) is 26.4 Å². The molecule has 0 saturated heterocycles. The van der Waals surface area contributed by atoms with Crippen molar-refractivity contribution < 1.29 is 37.6 Å². The van der Waals surface area contributed by atoms with Crippen LogP contribution in [0, 0.1) is 0 Å². The van der Waals surface area contributed by atoms with Crippen molar-refractivity contribution >= 4 is 19.8 Å². The number of hydrogen-bond donors (Lipinski definition) is 2. The number of ether oxygens (including phenoxy) is 2. The second-order valence-electron chi connectivity index (χ2n) is 15.6. The number of hydrogen-bond acceptors (Lipinski definition) is 8. The molecule has 0 saturated carbocycles. The van der Waals surface area contributed by atoms with Gasteiger partial charge in [-0.05, 0) is 51.4 Å². The van der Waals surface area contributed by atoms with E-state index in [0.717, 1.165) is 70.6 Å². The molecule has 0 spiro atoms. The van der Waals surface area contributed by atoms with Gasteiger partial charge in [-0.1, -0.05) is 197 Å². The van der Waals surface area contributed by atoms with E-state index in [4.69, 9.17) is 24.3 Å². The molecule has 10 heteroatoms. The number of carbonyl (C=O) groups is 2. The van der Waals surface area contributed by atoms with Gasteiger partial charge in [0.2, 0.25) is 0 Å². The quantitative estimate of drug-likeness (QED) is 0.0266. The third-order valence-corrected chi connectivity index (χ3v) is 11.0. The van der Waals surface area contributed by atoms with Crippen molar-refractivity contribution in [2.24, 2.45) is 5.73 Å². The lowest BCUT2D eigenvalue weighted by Gasteiger charge is -2.19. The first-order chi connectivity index (χ1) is 28.3. The van der Waals surface area contributed by atoms with Crippen LogP contribution < -0.4 is 5.73 Å². The largest absolute Gasteiger partial charge is 0.472 e. The van der Waals surface area contributed by atoms with Gasteiger partial charge in [0.25, 0.3) is 0 Å². The zero-order valence-electron chi connectivity index (χ0n) is 37.3. The van der Waals surface area contributed by atoms with E-state index < -0.39 is 26.5 Å². The summed E-state index contributed by atoms with van der Waals surface area (Å²) in [5.74, 6) is -0.832. The van der Waals surface area contributed by atoms with Crippen molar-refractivity contribution in [3.63, 3.8) is 0 Å². The minimum Gasteiger partial charge on any atom is -0.462 e. The maximum absolute atomic E-state index is 12.6. The molecule has 0 radical (unpaired) electrons. The summed E-state index contributed by atoms with van der Waals surface area (Å²) in [6, 6.07) is 0. The van der Waals surface area contributed by atoms with Crippen molar-refractivity contribution in [1.82, 2.24) is 0 Å². The van der Waals surface area contributed by atoms with Crippen molar-refractivity contribution in [1.29, 1.82) is 0 Å². The van der Waals surface area contributed by atoms with Crippen molar-refractivity contribution in [3.05, 3.63) is 48.6 Å². The lowest BCUT2D eigenvalue weighted by Crippen LogP contribution is -2.29. The molecule has 0 aliphatic heterocycles. The Morgan fingerprint density at radius 2 is 0.948 bits per heavy atom. The van der Waals surface area contributed by atoms with Gasteiger partial charge in [0.15, 0.2) is 6.10 Å². The number of rotatable bonds is 44. The van der Waals surface area contributed by atoms with E-state index in [2.05, 4.69) is 62.5 Å². The molecule has 0 aromatic heterocycles. The van der Waals surface area contributed by atoms with Gasteiger partial charge in [-0.3, -0.25) is 18.6 Å². The Labute approximate surface area is 356 Å². The number of allylic oxidation sites excluding steroid dienone is 8. The fraction of sp³-hybridized carbons (Fsp3) is 0.792. The lowest BCUT2D eigenvalue weighted by atomic mass is 10.0. The van der Waals surface area contributed by atoms with E-state index in [0.29, 0.717) is 6.42 Å². The van der Waals surface area contributed by atoms with Gasteiger partial charge < -0.3 is 20.1 Å². The molecule has 3 N–H and O–H groups in total. The molecule has 0 aliphatic carbocycles. The van der Waals surface area contributed by atoms with Crippen LogP contribution in [-0.2, 0) is 32.7 Å². The standard InChI is InChI=1S/C48H88NO8P/c1-3-5-7-9-11-13-15-17-19-21-22-23-24-25-27-29-31-33-35-37-39-41-48(51)57-46(45-56-58(52,53)55-43-42-49)44-54-47(50)40-38-36-34-32-30-28-26-20-18-16-14-12-10-8-6-4-2/h5,7,11,13,17,19,22-23,46H,3-4,6,8-10,12,14-16,18,20-21,24-45,49H2,1-2H3,(H,52,53)/b7-5-,13-11-,19-17-,23-22-. The van der Waals surface area contributed by atoms with E-state index in [-0.39, 0.29) is 38.6 Å². The molecular formula is C48H88NO8P. The summed E-state index contributed by atoms with van der Waals surface area (Å²) in [6.45, 7) is 3.63. The molecule has 58 heavy (non-hydrogen) atoms. The highest BCUT2D eigenvalue weighted by atomic mass is 31.2. The summed E-state index contributed by atoms with van der Waals surface area (Å²) in [5, 5.41) is 0. The Morgan fingerprint density at radius 3 is 1.41 bits per heavy atom. The molecule has 0 aliphatic rings. The van der Waals surface area contributed by atoms with Crippen LogP contribution in [0.25, 0.3) is 0 Å². The van der Waals surface area contributed by atoms with Crippen LogP contribution in [0.2, 0.25) is 0 Å². The summed E-state index contributed by atoms with van der Waals surface area (Å²) in [6.07, 6.45) is 51.4. The van der Waals surface area contributed by atoms with E-state index in [9.17, 15) is 19.0 Å². The molecule has 0 fully saturated rings. The van der Waals surface area contributed by atoms with Gasteiger partial charge in [-0.15, -0.1) is 0 Å². The van der Waals surface area contributed by atoms with E-state index in [1.54, 1.807) is 0 Å². The summed E-state index contributed by atoms with van der Waals surface area (Å²) >= 11 is 0. The van der Waals surface area contributed by atoms with Crippen molar-refractivity contribution in [3.8, 4) is 0 Å². The molecule has 0 aromatic carbocycles. The van der Waals surface area contributed by atoms with Crippen LogP contribution in [0.15, 0.2) is 48.6 Å². The van der Waals surface area contributed by atoms with Crippen LogP contribution >= 0.6 is 7.82 Å². The average Bonchev–Trinajstić information content (AvgIpc) is 3.21. The monoisotopic (exact) mass is 838 g/mol. The minimum atomic E-state index is -4.38. The Kier molecular flexibility index (Phi) is 43.0. The first-order valence-electron chi connectivity index (χ1n) is 23.6. The molecule has 9 nitrogen and oxygen atoms in total. The van der Waals surface area contributed by atoms with Gasteiger partial charge in [0.05, 0.1) is 13.2 Å². The molecule has 2 atom stereocenters. The number of phosphoric ester groups is 1. The maximum atomic E-state index is 12.6. The van der Waals surface area contributed by atoms with Crippen LogP contribution in [-0.4, -0.2) is 49.3 Å². The topological polar surface area (TPSA) is 134 Å². The molecule has 338 valence electrons. The van der Waals surface area contributed by atoms with Gasteiger partial charge in [0, 0.05) is 19.4 Å². The summed E-state index contributed by atoms with van der Waals surface area (Å²) in [5.41, 5.74) is 5.36. The Hall–Kier alpha value is -2.03. The molecule has 0 rings (SSSR count). The zero-order valence-corrected chi connectivity index (χ0v) is 38.2. The third kappa shape index (κ3) is 43.5. The van der Waals surface area contributed by atoms with E-state index >= 15 is 0 Å². The first kappa shape index (κ1) is 56.0. The number of phosphoric acid groups is 1.